The summed E-state index contributed by atoms with van der Waals surface area (Å²) in [5, 5.41) is 7.92. The van der Waals surface area contributed by atoms with E-state index >= 15 is 0 Å². The van der Waals surface area contributed by atoms with Gasteiger partial charge in [0.2, 0.25) is 0 Å². The van der Waals surface area contributed by atoms with Gasteiger partial charge in [-0.3, -0.25) is 0 Å². The van der Waals surface area contributed by atoms with E-state index in [-0.39, 0.29) is 22.2 Å². The molecule has 1 aliphatic heterocycles. The van der Waals surface area contributed by atoms with Gasteiger partial charge in [-0.05, 0) is 72.3 Å². The summed E-state index contributed by atoms with van der Waals surface area (Å²) < 4.78 is 40.4. The summed E-state index contributed by atoms with van der Waals surface area (Å²) in [6.07, 6.45) is 2.16. The third-order valence-corrected chi connectivity index (χ3v) is 6.83. The molecule has 2 unspecified atom stereocenters. The van der Waals surface area contributed by atoms with Crippen LogP contribution >= 0.6 is 34.4 Å². The highest BCUT2D eigenvalue weighted by Gasteiger charge is 2.56. The Labute approximate surface area is 155 Å². The maximum atomic E-state index is 12.8. The zero-order chi connectivity index (χ0) is 17.1. The Morgan fingerprint density at radius 1 is 1.42 bits per heavy atom. The van der Waals surface area contributed by atoms with Crippen LogP contribution in [0.4, 0.5) is 19.0 Å². The Bertz CT molecular complexity index is 793. The Morgan fingerprint density at radius 2 is 2.21 bits per heavy atom. The molecule has 1 saturated carbocycles. The zero-order valence-electron chi connectivity index (χ0n) is 12.9. The second-order valence-corrected chi connectivity index (χ2v) is 8.67. The number of hydrogen-bond acceptors (Lipinski definition) is 4. The first-order valence-electron chi connectivity index (χ1n) is 7.67. The monoisotopic (exact) mass is 468 g/mol. The molecule has 1 N–H and O–H groups in total. The Balaban J connectivity index is 1.67. The maximum Gasteiger partial charge on any atom is 0.446 e. The van der Waals surface area contributed by atoms with Crippen molar-refractivity contribution in [1.29, 1.82) is 0 Å². The highest BCUT2D eigenvalue weighted by molar-refractivity contribution is 14.1. The van der Waals surface area contributed by atoms with Crippen LogP contribution in [-0.4, -0.2) is 45.7 Å². The van der Waals surface area contributed by atoms with Crippen LogP contribution in [0, 0.1) is 9.62 Å². The number of nitrogens with zero attached hydrogens (tertiary/aromatic N) is 3. The summed E-state index contributed by atoms with van der Waals surface area (Å²) in [4.78, 5) is 2.49. The lowest BCUT2D eigenvalue weighted by Gasteiger charge is -2.30. The van der Waals surface area contributed by atoms with Crippen molar-refractivity contribution in [2.45, 2.75) is 28.8 Å². The van der Waals surface area contributed by atoms with Gasteiger partial charge in [-0.25, -0.2) is 4.52 Å². The van der Waals surface area contributed by atoms with E-state index in [1.165, 1.54) is 0 Å². The molecule has 0 spiro atoms. The zero-order valence-corrected chi connectivity index (χ0v) is 15.9. The number of likely N-dealkylation sites (tertiary alicyclic amines) is 1. The lowest BCUT2D eigenvalue weighted by Crippen LogP contribution is -2.39. The predicted octanol–water partition coefficient (Wildman–Crippen LogP) is 4.06. The standard InChI is InChI=1S/C15H16F3IN4S/c1-22-6-5-14(7-9(14)8-22)20-11-4-2-3-10-12(24-15(16,17)18)13(19)21-23(10)11/h2-4,9,20H,5-8H2,1H3. The number of aromatic nitrogens is 2. The summed E-state index contributed by atoms with van der Waals surface area (Å²) >= 11 is 1.77. The van der Waals surface area contributed by atoms with Crippen LogP contribution in [0.3, 0.4) is 0 Å². The van der Waals surface area contributed by atoms with E-state index in [2.05, 4.69) is 22.4 Å². The van der Waals surface area contributed by atoms with Gasteiger partial charge >= 0.3 is 5.51 Å². The third kappa shape index (κ3) is 2.98. The van der Waals surface area contributed by atoms with Crippen LogP contribution in [0.2, 0.25) is 0 Å². The molecule has 1 saturated heterocycles. The van der Waals surface area contributed by atoms with E-state index in [1.807, 2.05) is 28.7 Å². The maximum absolute atomic E-state index is 12.8. The second-order valence-electron chi connectivity index (χ2n) is 6.57. The van der Waals surface area contributed by atoms with Crippen molar-refractivity contribution in [2.24, 2.45) is 5.92 Å². The van der Waals surface area contributed by atoms with Crippen molar-refractivity contribution in [2.75, 3.05) is 25.5 Å². The molecule has 1 aliphatic carbocycles. The average molecular weight is 468 g/mol. The van der Waals surface area contributed by atoms with E-state index in [9.17, 15) is 13.2 Å². The van der Waals surface area contributed by atoms with Crippen LogP contribution in [0.25, 0.3) is 5.52 Å². The topological polar surface area (TPSA) is 32.6 Å². The fraction of sp³-hybridized carbons (Fsp3) is 0.533. The normalized spacial score (nSPS) is 27.3. The molecule has 4 nitrogen and oxygen atoms in total. The van der Waals surface area contributed by atoms with E-state index < -0.39 is 5.51 Å². The summed E-state index contributed by atoms with van der Waals surface area (Å²) in [6, 6.07) is 5.37. The first kappa shape index (κ1) is 16.8. The minimum atomic E-state index is -4.32. The Hall–Kier alpha value is -0.680. The number of thioether (sulfide) groups is 1. The minimum Gasteiger partial charge on any atom is -0.364 e. The molecular weight excluding hydrogens is 452 g/mol. The number of halogens is 4. The van der Waals surface area contributed by atoms with Crippen molar-refractivity contribution >= 4 is 45.7 Å². The van der Waals surface area contributed by atoms with Crippen LogP contribution in [-0.2, 0) is 0 Å². The van der Waals surface area contributed by atoms with E-state index in [0.717, 1.165) is 31.7 Å². The van der Waals surface area contributed by atoms with Crippen LogP contribution in [0.5, 0.6) is 0 Å². The lowest BCUT2D eigenvalue weighted by atomic mass is 10.1. The molecule has 4 rings (SSSR count). The summed E-state index contributed by atoms with van der Waals surface area (Å²) in [7, 11) is 2.12. The predicted molar refractivity (Wildman–Crippen MR) is 96.4 cm³/mol. The van der Waals surface area contributed by atoms with Gasteiger partial charge in [0, 0.05) is 18.6 Å². The summed E-state index contributed by atoms with van der Waals surface area (Å²) in [6.45, 7) is 2.10. The fourth-order valence-electron chi connectivity index (χ4n) is 3.58. The minimum absolute atomic E-state index is 0.0789. The van der Waals surface area contributed by atoms with Crippen molar-refractivity contribution < 1.29 is 13.2 Å². The molecular formula is C15H16F3IN4S. The SMILES string of the molecule is CN1CCC2(Nc3cccc4c(SC(F)(F)F)c(I)nn34)CC2C1. The van der Waals surface area contributed by atoms with Crippen molar-refractivity contribution in [3.05, 3.63) is 21.9 Å². The Kier molecular flexibility index (Phi) is 3.96. The molecule has 0 amide bonds. The van der Waals surface area contributed by atoms with Crippen LogP contribution in [0.15, 0.2) is 23.1 Å². The number of rotatable bonds is 3. The lowest BCUT2D eigenvalue weighted by molar-refractivity contribution is -0.0328. The van der Waals surface area contributed by atoms with Gasteiger partial charge in [0.1, 0.15) is 9.52 Å². The number of piperidine rings is 1. The molecule has 24 heavy (non-hydrogen) atoms. The number of anilines is 1. The molecule has 2 aromatic heterocycles. The molecule has 0 bridgehead atoms. The first-order chi connectivity index (χ1) is 11.3. The average Bonchev–Trinajstić information content (AvgIpc) is 3.09. The molecule has 2 atom stereocenters. The van der Waals surface area contributed by atoms with E-state index in [4.69, 9.17) is 0 Å². The Morgan fingerprint density at radius 3 is 2.92 bits per heavy atom. The smallest absolute Gasteiger partial charge is 0.364 e. The van der Waals surface area contributed by atoms with Gasteiger partial charge in [0.05, 0.1) is 10.4 Å². The van der Waals surface area contributed by atoms with E-state index in [1.54, 1.807) is 16.6 Å². The third-order valence-electron chi connectivity index (χ3n) is 4.87. The quantitative estimate of drug-likeness (QED) is 0.545. The van der Waals surface area contributed by atoms with Gasteiger partial charge in [0.15, 0.2) is 0 Å². The molecule has 130 valence electrons. The number of alkyl halides is 3. The van der Waals surface area contributed by atoms with Gasteiger partial charge in [0.25, 0.3) is 0 Å². The summed E-state index contributed by atoms with van der Waals surface area (Å²) in [5.74, 6) is 1.37. The fourth-order valence-corrected chi connectivity index (χ4v) is 5.02. The van der Waals surface area contributed by atoms with Gasteiger partial charge < -0.3 is 10.2 Å². The largest absolute Gasteiger partial charge is 0.446 e. The van der Waals surface area contributed by atoms with Crippen molar-refractivity contribution in [1.82, 2.24) is 14.5 Å². The first-order valence-corrected chi connectivity index (χ1v) is 9.57. The van der Waals surface area contributed by atoms with E-state index in [0.29, 0.717) is 15.1 Å². The van der Waals surface area contributed by atoms with Gasteiger partial charge in [-0.2, -0.15) is 18.3 Å². The van der Waals surface area contributed by atoms with Gasteiger partial charge in [-0.1, -0.05) is 6.07 Å². The van der Waals surface area contributed by atoms with Gasteiger partial charge in [-0.15, -0.1) is 0 Å². The van der Waals surface area contributed by atoms with Crippen molar-refractivity contribution in [3.8, 4) is 0 Å². The molecule has 9 heteroatoms. The molecule has 2 aliphatic rings. The summed E-state index contributed by atoms with van der Waals surface area (Å²) in [5.41, 5.74) is -3.75. The molecule has 2 aromatic rings. The number of nitrogens with one attached hydrogen (secondary N) is 1. The molecule has 2 fully saturated rings. The number of fused-ring (bicyclic) bond motifs is 2. The molecule has 0 aromatic carbocycles. The van der Waals surface area contributed by atoms with Crippen LogP contribution in [0.1, 0.15) is 12.8 Å². The molecule has 0 radical (unpaired) electrons. The highest BCUT2D eigenvalue weighted by Crippen LogP contribution is 2.51. The number of pyridine rings is 1. The molecule has 3 heterocycles. The van der Waals surface area contributed by atoms with Crippen molar-refractivity contribution in [3.63, 3.8) is 0 Å². The van der Waals surface area contributed by atoms with Crippen LogP contribution < -0.4 is 5.32 Å². The highest BCUT2D eigenvalue weighted by atomic mass is 127. The number of hydrogen-bond donors (Lipinski definition) is 1. The second kappa shape index (κ2) is 5.66.